The van der Waals surface area contributed by atoms with Gasteiger partial charge in [-0.2, -0.15) is 13.2 Å². The molecule has 0 spiro atoms. The Labute approximate surface area is 130 Å². The maximum absolute atomic E-state index is 12.4. The number of amides is 1. The van der Waals surface area contributed by atoms with Gasteiger partial charge in [-0.1, -0.05) is 0 Å². The molecule has 1 saturated heterocycles. The molecule has 0 atom stereocenters. The van der Waals surface area contributed by atoms with Crippen molar-refractivity contribution in [1.82, 2.24) is 15.6 Å². The van der Waals surface area contributed by atoms with E-state index in [1.54, 1.807) is 0 Å². The summed E-state index contributed by atoms with van der Waals surface area (Å²) in [5.74, 6) is -0.218. The van der Waals surface area contributed by atoms with Crippen LogP contribution in [0.15, 0.2) is 5.38 Å². The third-order valence-electron chi connectivity index (χ3n) is 3.68. The summed E-state index contributed by atoms with van der Waals surface area (Å²) in [6.07, 6.45) is -3.01. The molecule has 124 valence electrons. The number of halogens is 3. The van der Waals surface area contributed by atoms with Crippen LogP contribution in [0.1, 0.15) is 23.5 Å². The van der Waals surface area contributed by atoms with E-state index in [2.05, 4.69) is 15.6 Å². The van der Waals surface area contributed by atoms with E-state index >= 15 is 0 Å². The van der Waals surface area contributed by atoms with Crippen molar-refractivity contribution in [3.8, 4) is 0 Å². The molecule has 2 heterocycles. The number of thiazole rings is 1. The van der Waals surface area contributed by atoms with Crippen molar-refractivity contribution in [3.05, 3.63) is 16.1 Å². The van der Waals surface area contributed by atoms with Crippen LogP contribution in [-0.4, -0.2) is 43.2 Å². The van der Waals surface area contributed by atoms with Crippen LogP contribution in [0, 0.1) is 0 Å². The zero-order valence-corrected chi connectivity index (χ0v) is 12.9. The van der Waals surface area contributed by atoms with Crippen LogP contribution >= 0.6 is 11.3 Å². The zero-order valence-electron chi connectivity index (χ0n) is 12.1. The Morgan fingerprint density at radius 2 is 2.18 bits per heavy atom. The average Bonchev–Trinajstić information content (AvgIpc) is 2.97. The van der Waals surface area contributed by atoms with Crippen molar-refractivity contribution in [2.45, 2.75) is 31.0 Å². The summed E-state index contributed by atoms with van der Waals surface area (Å²) >= 11 is 0.945. The molecule has 1 aliphatic heterocycles. The summed E-state index contributed by atoms with van der Waals surface area (Å²) in [4.78, 5) is 15.8. The lowest BCUT2D eigenvalue weighted by atomic mass is 9.91. The Hall–Kier alpha value is -1.19. The molecule has 0 saturated carbocycles. The smallest absolute Gasteiger partial charge is 0.368 e. The van der Waals surface area contributed by atoms with Crippen LogP contribution < -0.4 is 10.6 Å². The summed E-state index contributed by atoms with van der Waals surface area (Å²) in [7, 11) is 1.50. The summed E-state index contributed by atoms with van der Waals surface area (Å²) < 4.78 is 42.7. The minimum Gasteiger partial charge on any atom is -0.368 e. The quantitative estimate of drug-likeness (QED) is 0.856. The number of carbonyl (C=O) groups is 1. The maximum atomic E-state index is 12.4. The topological polar surface area (TPSA) is 63.2 Å². The fourth-order valence-corrected chi connectivity index (χ4v) is 3.16. The SMILES string of the molecule is COC1(C(=O)NCCc2nc(C(F)(F)F)cs2)CCNCC1. The number of ether oxygens (including phenoxy) is 1. The lowest BCUT2D eigenvalue weighted by molar-refractivity contribution is -0.146. The number of piperidine rings is 1. The molecule has 0 bridgehead atoms. The van der Waals surface area contributed by atoms with E-state index in [9.17, 15) is 18.0 Å². The Balaban J connectivity index is 1.85. The second kappa shape index (κ2) is 6.93. The van der Waals surface area contributed by atoms with Gasteiger partial charge in [-0.3, -0.25) is 4.79 Å². The minimum atomic E-state index is -4.42. The van der Waals surface area contributed by atoms with E-state index in [0.717, 1.165) is 16.7 Å². The monoisotopic (exact) mass is 337 g/mol. The van der Waals surface area contributed by atoms with Crippen molar-refractivity contribution in [3.63, 3.8) is 0 Å². The Morgan fingerprint density at radius 1 is 1.50 bits per heavy atom. The van der Waals surface area contributed by atoms with Crippen LogP contribution in [0.3, 0.4) is 0 Å². The number of carbonyl (C=O) groups excluding carboxylic acids is 1. The summed E-state index contributed by atoms with van der Waals surface area (Å²) in [6, 6.07) is 0. The van der Waals surface area contributed by atoms with Gasteiger partial charge in [0.25, 0.3) is 5.91 Å². The molecule has 1 aromatic heterocycles. The van der Waals surface area contributed by atoms with Crippen LogP contribution in [0.5, 0.6) is 0 Å². The molecule has 1 aromatic rings. The van der Waals surface area contributed by atoms with E-state index in [1.165, 1.54) is 7.11 Å². The van der Waals surface area contributed by atoms with E-state index in [0.29, 0.717) is 30.9 Å². The normalized spacial score (nSPS) is 18.2. The summed E-state index contributed by atoms with van der Waals surface area (Å²) in [5, 5.41) is 7.22. The van der Waals surface area contributed by atoms with Gasteiger partial charge in [0.15, 0.2) is 5.69 Å². The molecule has 0 unspecified atom stereocenters. The molecule has 1 amide bonds. The first-order valence-corrected chi connectivity index (χ1v) is 7.81. The molecule has 0 aromatic carbocycles. The van der Waals surface area contributed by atoms with Crippen molar-refractivity contribution in [1.29, 1.82) is 0 Å². The maximum Gasteiger partial charge on any atom is 0.434 e. The van der Waals surface area contributed by atoms with Crippen molar-refractivity contribution < 1.29 is 22.7 Å². The average molecular weight is 337 g/mol. The highest BCUT2D eigenvalue weighted by molar-refractivity contribution is 7.09. The van der Waals surface area contributed by atoms with Gasteiger partial charge >= 0.3 is 6.18 Å². The molecule has 0 radical (unpaired) electrons. The van der Waals surface area contributed by atoms with Crippen molar-refractivity contribution in [2.24, 2.45) is 0 Å². The Bertz CT molecular complexity index is 513. The minimum absolute atomic E-state index is 0.218. The van der Waals surface area contributed by atoms with Gasteiger partial charge in [-0.15, -0.1) is 11.3 Å². The molecular formula is C13H18F3N3O2S. The second-order valence-electron chi connectivity index (χ2n) is 5.08. The van der Waals surface area contributed by atoms with Crippen LogP contribution in [0.2, 0.25) is 0 Å². The van der Waals surface area contributed by atoms with Gasteiger partial charge in [0, 0.05) is 25.5 Å². The molecule has 1 aliphatic rings. The Morgan fingerprint density at radius 3 is 2.73 bits per heavy atom. The predicted molar refractivity (Wildman–Crippen MR) is 75.7 cm³/mol. The molecule has 5 nitrogen and oxygen atoms in total. The van der Waals surface area contributed by atoms with Crippen molar-refractivity contribution >= 4 is 17.2 Å². The lowest BCUT2D eigenvalue weighted by Crippen LogP contribution is -2.54. The number of methoxy groups -OCH3 is 1. The molecule has 2 N–H and O–H groups in total. The highest BCUT2D eigenvalue weighted by Crippen LogP contribution is 2.30. The van der Waals surface area contributed by atoms with Crippen LogP contribution in [-0.2, 0) is 22.1 Å². The largest absolute Gasteiger partial charge is 0.434 e. The number of hydrogen-bond donors (Lipinski definition) is 2. The second-order valence-corrected chi connectivity index (χ2v) is 6.02. The van der Waals surface area contributed by atoms with Crippen LogP contribution in [0.4, 0.5) is 13.2 Å². The zero-order chi connectivity index (χ0) is 16.2. The number of rotatable bonds is 5. The number of nitrogens with one attached hydrogen (secondary N) is 2. The number of hydrogen-bond acceptors (Lipinski definition) is 5. The van der Waals surface area contributed by atoms with E-state index in [1.807, 2.05) is 0 Å². The molecular weight excluding hydrogens is 319 g/mol. The van der Waals surface area contributed by atoms with E-state index < -0.39 is 17.5 Å². The first-order chi connectivity index (χ1) is 10.4. The van der Waals surface area contributed by atoms with Crippen LogP contribution in [0.25, 0.3) is 0 Å². The predicted octanol–water partition coefficient (Wildman–Crippen LogP) is 1.59. The summed E-state index contributed by atoms with van der Waals surface area (Å²) in [6.45, 7) is 1.63. The third-order valence-corrected chi connectivity index (χ3v) is 4.59. The summed E-state index contributed by atoms with van der Waals surface area (Å²) in [5.41, 5.74) is -1.73. The lowest BCUT2D eigenvalue weighted by Gasteiger charge is -2.34. The Kier molecular flexibility index (Phi) is 5.41. The first-order valence-electron chi connectivity index (χ1n) is 6.93. The van der Waals surface area contributed by atoms with Gasteiger partial charge in [0.05, 0.1) is 5.01 Å². The van der Waals surface area contributed by atoms with Gasteiger partial charge in [0.2, 0.25) is 0 Å². The fraction of sp³-hybridized carbons (Fsp3) is 0.692. The molecule has 1 fully saturated rings. The molecule has 9 heteroatoms. The number of alkyl halides is 3. The third kappa shape index (κ3) is 3.96. The number of aromatic nitrogens is 1. The molecule has 0 aliphatic carbocycles. The van der Waals surface area contributed by atoms with E-state index in [-0.39, 0.29) is 18.9 Å². The highest BCUT2D eigenvalue weighted by atomic mass is 32.1. The van der Waals surface area contributed by atoms with Gasteiger partial charge in [-0.05, 0) is 25.9 Å². The standard InChI is InChI=1S/C13H18F3N3O2S/c1-21-12(3-6-17-7-4-12)11(20)18-5-2-10-19-9(8-22-10)13(14,15)16/h8,17H,2-7H2,1H3,(H,18,20). The van der Waals surface area contributed by atoms with E-state index in [4.69, 9.17) is 4.74 Å². The fourth-order valence-electron chi connectivity index (χ4n) is 2.35. The van der Waals surface area contributed by atoms with Gasteiger partial charge in [-0.25, -0.2) is 4.98 Å². The van der Waals surface area contributed by atoms with Crippen molar-refractivity contribution in [2.75, 3.05) is 26.7 Å². The first kappa shape index (κ1) is 17.2. The van der Waals surface area contributed by atoms with Gasteiger partial charge in [0.1, 0.15) is 5.60 Å². The molecule has 22 heavy (non-hydrogen) atoms. The highest BCUT2D eigenvalue weighted by Gasteiger charge is 2.39. The molecule has 2 rings (SSSR count). The van der Waals surface area contributed by atoms with Gasteiger partial charge < -0.3 is 15.4 Å². The number of nitrogens with zero attached hydrogens (tertiary/aromatic N) is 1.